The molecular weight excluding hydrogens is 242 g/mol. The highest BCUT2D eigenvalue weighted by atomic mass is 16.2. The second-order valence-corrected chi connectivity index (χ2v) is 4.75. The lowest BCUT2D eigenvalue weighted by atomic mass is 10.3. The van der Waals surface area contributed by atoms with E-state index in [2.05, 4.69) is 4.98 Å². The smallest absolute Gasteiger partial charge is 0.241 e. The molecule has 1 aliphatic rings. The summed E-state index contributed by atoms with van der Waals surface area (Å²) in [4.78, 5) is 20.2. The fraction of sp³-hybridized carbons (Fsp3) is 0.385. The molecule has 6 heteroatoms. The van der Waals surface area contributed by atoms with Crippen LogP contribution in [0.3, 0.4) is 0 Å². The maximum atomic E-state index is 11.8. The molecule has 6 nitrogen and oxygen atoms in total. The van der Waals surface area contributed by atoms with Crippen LogP contribution >= 0.6 is 0 Å². The highest BCUT2D eigenvalue weighted by molar-refractivity contribution is 5.82. The number of imidazole rings is 1. The zero-order valence-electron chi connectivity index (χ0n) is 10.9. The van der Waals surface area contributed by atoms with E-state index in [4.69, 9.17) is 5.73 Å². The summed E-state index contributed by atoms with van der Waals surface area (Å²) < 4.78 is 1.98. The number of fused-ring (bicyclic) bond motifs is 1. The Bertz CT molecular complexity index is 621. The van der Waals surface area contributed by atoms with Gasteiger partial charge in [0.05, 0.1) is 12.2 Å². The number of nitrogens with zero attached hydrogens (tertiary/aromatic N) is 4. The molecule has 1 saturated heterocycles. The average Bonchev–Trinajstić information content (AvgIpc) is 2.80. The lowest BCUT2D eigenvalue weighted by Crippen LogP contribution is -2.49. The van der Waals surface area contributed by atoms with E-state index >= 15 is 0 Å². The van der Waals surface area contributed by atoms with Crippen molar-refractivity contribution in [1.82, 2.24) is 14.3 Å². The van der Waals surface area contributed by atoms with Gasteiger partial charge in [-0.2, -0.15) is 0 Å². The molecule has 2 aromatic heterocycles. The van der Waals surface area contributed by atoms with Gasteiger partial charge in [-0.3, -0.25) is 4.79 Å². The average molecular weight is 259 g/mol. The van der Waals surface area contributed by atoms with Crippen LogP contribution in [0.5, 0.6) is 0 Å². The molecule has 1 fully saturated rings. The minimum absolute atomic E-state index is 0.117. The molecule has 3 rings (SSSR count). The van der Waals surface area contributed by atoms with Crippen LogP contribution in [-0.4, -0.2) is 46.9 Å². The number of hydrogen-bond donors (Lipinski definition) is 1. The van der Waals surface area contributed by atoms with Gasteiger partial charge in [-0.15, -0.1) is 0 Å². The topological polar surface area (TPSA) is 66.9 Å². The Kier molecular flexibility index (Phi) is 2.87. The first-order valence-corrected chi connectivity index (χ1v) is 6.35. The minimum atomic E-state index is 0.117. The summed E-state index contributed by atoms with van der Waals surface area (Å²) in [6.45, 7) is 2.28. The van der Waals surface area contributed by atoms with Crippen LogP contribution < -0.4 is 10.6 Å². The summed E-state index contributed by atoms with van der Waals surface area (Å²) in [6.07, 6.45) is 1.95. The predicted molar refractivity (Wildman–Crippen MR) is 72.9 cm³/mol. The van der Waals surface area contributed by atoms with Crippen molar-refractivity contribution in [1.29, 1.82) is 0 Å². The summed E-state index contributed by atoms with van der Waals surface area (Å²) in [5.41, 5.74) is 7.66. The lowest BCUT2D eigenvalue weighted by Gasteiger charge is -2.32. The van der Waals surface area contributed by atoms with Crippen molar-refractivity contribution >= 4 is 17.4 Å². The Morgan fingerprint density at radius 3 is 2.95 bits per heavy atom. The molecule has 0 aliphatic carbocycles. The number of piperazine rings is 1. The van der Waals surface area contributed by atoms with Crippen molar-refractivity contribution in [2.75, 3.05) is 31.6 Å². The van der Waals surface area contributed by atoms with Gasteiger partial charge >= 0.3 is 0 Å². The molecule has 3 heterocycles. The van der Waals surface area contributed by atoms with Gasteiger partial charge in [0, 0.05) is 32.9 Å². The monoisotopic (exact) mass is 259 g/mol. The van der Waals surface area contributed by atoms with Gasteiger partial charge in [-0.25, -0.2) is 4.98 Å². The van der Waals surface area contributed by atoms with Gasteiger partial charge < -0.3 is 19.9 Å². The molecule has 0 aromatic carbocycles. The van der Waals surface area contributed by atoms with Gasteiger partial charge in [0.25, 0.3) is 0 Å². The Labute approximate surface area is 111 Å². The van der Waals surface area contributed by atoms with E-state index in [0.29, 0.717) is 13.1 Å². The van der Waals surface area contributed by atoms with E-state index in [0.717, 1.165) is 30.2 Å². The van der Waals surface area contributed by atoms with E-state index in [-0.39, 0.29) is 5.91 Å². The number of rotatable bonds is 2. The van der Waals surface area contributed by atoms with Crippen molar-refractivity contribution in [3.63, 3.8) is 0 Å². The normalized spacial score (nSPS) is 16.4. The van der Waals surface area contributed by atoms with E-state index < -0.39 is 0 Å². The molecule has 0 atom stereocenters. The summed E-state index contributed by atoms with van der Waals surface area (Å²) in [5, 5.41) is 0. The standard InChI is InChI=1S/C13H17N5O/c1-16-6-7-17(9-12(16)19)13-10(8-14)18-5-3-2-4-11(18)15-13/h2-5H,6-9,14H2,1H3. The third-order valence-electron chi connectivity index (χ3n) is 3.56. The molecule has 0 radical (unpaired) electrons. The summed E-state index contributed by atoms with van der Waals surface area (Å²) in [6, 6.07) is 5.84. The van der Waals surface area contributed by atoms with E-state index in [9.17, 15) is 4.79 Å². The van der Waals surface area contributed by atoms with Crippen molar-refractivity contribution in [3.8, 4) is 0 Å². The number of carbonyl (C=O) groups excluding carboxylic acids is 1. The van der Waals surface area contributed by atoms with Crippen molar-refractivity contribution in [2.24, 2.45) is 5.73 Å². The molecule has 100 valence electrons. The summed E-state index contributed by atoms with van der Waals surface area (Å²) >= 11 is 0. The Morgan fingerprint density at radius 1 is 1.37 bits per heavy atom. The van der Waals surface area contributed by atoms with Crippen LogP contribution in [-0.2, 0) is 11.3 Å². The quantitative estimate of drug-likeness (QED) is 0.829. The molecule has 2 aromatic rings. The Hall–Kier alpha value is -2.08. The SMILES string of the molecule is CN1CCN(c2nc3ccccn3c2CN)CC1=O. The first-order valence-electron chi connectivity index (χ1n) is 6.35. The molecule has 0 bridgehead atoms. The first-order chi connectivity index (χ1) is 9.20. The van der Waals surface area contributed by atoms with Crippen LogP contribution in [0.2, 0.25) is 0 Å². The maximum absolute atomic E-state index is 11.8. The van der Waals surface area contributed by atoms with Crippen LogP contribution in [0.1, 0.15) is 5.69 Å². The predicted octanol–water partition coefficient (Wildman–Crippen LogP) is 0.0714. The number of nitrogens with two attached hydrogens (primary N) is 1. The third kappa shape index (κ3) is 1.94. The van der Waals surface area contributed by atoms with Crippen molar-refractivity contribution in [2.45, 2.75) is 6.54 Å². The molecule has 19 heavy (non-hydrogen) atoms. The van der Waals surface area contributed by atoms with Gasteiger partial charge in [0.15, 0.2) is 5.82 Å². The molecule has 0 saturated carbocycles. The fourth-order valence-corrected chi connectivity index (χ4v) is 2.42. The van der Waals surface area contributed by atoms with Gasteiger partial charge in [-0.1, -0.05) is 6.07 Å². The van der Waals surface area contributed by atoms with Crippen LogP contribution in [0, 0.1) is 0 Å². The zero-order valence-corrected chi connectivity index (χ0v) is 10.9. The number of carbonyl (C=O) groups is 1. The van der Waals surface area contributed by atoms with Crippen LogP contribution in [0.15, 0.2) is 24.4 Å². The van der Waals surface area contributed by atoms with Crippen molar-refractivity contribution in [3.05, 3.63) is 30.1 Å². The number of likely N-dealkylation sites (N-methyl/N-ethyl adjacent to an activating group) is 1. The Morgan fingerprint density at radius 2 is 2.21 bits per heavy atom. The molecule has 0 spiro atoms. The van der Waals surface area contributed by atoms with Crippen LogP contribution in [0.4, 0.5) is 5.82 Å². The fourth-order valence-electron chi connectivity index (χ4n) is 2.42. The zero-order chi connectivity index (χ0) is 13.4. The third-order valence-corrected chi connectivity index (χ3v) is 3.56. The minimum Gasteiger partial charge on any atom is -0.344 e. The molecule has 0 unspecified atom stereocenters. The number of hydrogen-bond acceptors (Lipinski definition) is 4. The molecule has 1 aliphatic heterocycles. The van der Waals surface area contributed by atoms with Gasteiger partial charge in [0.2, 0.25) is 5.91 Å². The lowest BCUT2D eigenvalue weighted by molar-refractivity contribution is -0.129. The second-order valence-electron chi connectivity index (χ2n) is 4.75. The highest BCUT2D eigenvalue weighted by Gasteiger charge is 2.25. The number of aromatic nitrogens is 2. The highest BCUT2D eigenvalue weighted by Crippen LogP contribution is 2.22. The molecular formula is C13H17N5O. The van der Waals surface area contributed by atoms with E-state index in [1.807, 2.05) is 40.7 Å². The maximum Gasteiger partial charge on any atom is 0.241 e. The molecule has 2 N–H and O–H groups in total. The number of amides is 1. The summed E-state index contributed by atoms with van der Waals surface area (Å²) in [5.74, 6) is 0.946. The summed E-state index contributed by atoms with van der Waals surface area (Å²) in [7, 11) is 1.83. The largest absolute Gasteiger partial charge is 0.344 e. The van der Waals surface area contributed by atoms with Gasteiger partial charge in [-0.05, 0) is 12.1 Å². The molecule has 1 amide bonds. The number of pyridine rings is 1. The van der Waals surface area contributed by atoms with Crippen LogP contribution in [0.25, 0.3) is 5.65 Å². The van der Waals surface area contributed by atoms with Gasteiger partial charge in [0.1, 0.15) is 5.65 Å². The second kappa shape index (κ2) is 4.55. The van der Waals surface area contributed by atoms with E-state index in [1.54, 1.807) is 4.90 Å². The first kappa shape index (κ1) is 12.0. The Balaban J connectivity index is 2.02. The van der Waals surface area contributed by atoms with E-state index in [1.165, 1.54) is 0 Å². The number of anilines is 1. The van der Waals surface area contributed by atoms with Crippen molar-refractivity contribution < 1.29 is 4.79 Å².